The first-order chi connectivity index (χ1) is 12.1. The van der Waals surface area contributed by atoms with E-state index in [4.69, 9.17) is 16.3 Å². The predicted octanol–water partition coefficient (Wildman–Crippen LogP) is 2.85. The van der Waals surface area contributed by atoms with Crippen LogP contribution in [0.5, 0.6) is 0 Å². The van der Waals surface area contributed by atoms with Crippen molar-refractivity contribution in [3.8, 4) is 0 Å². The van der Waals surface area contributed by atoms with E-state index in [2.05, 4.69) is 15.1 Å². The zero-order chi connectivity index (χ0) is 17.4. The standard InChI is InChI=1S/C17H16ClFN4O2/c18-13-6-10(3-4-14(13)19)7-15-21-16-12(17(24)22-15)8-20-23(16)11-2-1-5-25-9-11/h3-4,6,8,11H,1-2,5,7,9H2,(H,21,22,24). The highest BCUT2D eigenvalue weighted by Crippen LogP contribution is 2.22. The Bertz CT molecular complexity index is 978. The number of rotatable bonds is 3. The normalized spacial score (nSPS) is 17.9. The molecule has 1 aliphatic rings. The minimum absolute atomic E-state index is 0.0466. The van der Waals surface area contributed by atoms with E-state index < -0.39 is 5.82 Å². The van der Waals surface area contributed by atoms with Crippen LogP contribution in [-0.4, -0.2) is 33.0 Å². The lowest BCUT2D eigenvalue weighted by atomic mass is 10.1. The Morgan fingerprint density at radius 2 is 2.32 bits per heavy atom. The summed E-state index contributed by atoms with van der Waals surface area (Å²) < 4.78 is 20.6. The van der Waals surface area contributed by atoms with Gasteiger partial charge in [-0.15, -0.1) is 0 Å². The molecule has 0 saturated carbocycles. The Labute approximate surface area is 147 Å². The summed E-state index contributed by atoms with van der Waals surface area (Å²) in [5, 5.41) is 4.83. The number of hydrogen-bond donors (Lipinski definition) is 1. The first kappa shape index (κ1) is 16.2. The molecule has 0 aliphatic carbocycles. The van der Waals surface area contributed by atoms with E-state index in [-0.39, 0.29) is 16.6 Å². The van der Waals surface area contributed by atoms with E-state index in [0.717, 1.165) is 25.0 Å². The van der Waals surface area contributed by atoms with Crippen LogP contribution in [0.4, 0.5) is 4.39 Å². The number of aromatic amines is 1. The maximum absolute atomic E-state index is 13.3. The molecule has 1 atom stereocenters. The van der Waals surface area contributed by atoms with Crippen molar-refractivity contribution in [3.63, 3.8) is 0 Å². The summed E-state index contributed by atoms with van der Waals surface area (Å²) >= 11 is 5.82. The number of nitrogens with one attached hydrogen (secondary N) is 1. The molecule has 4 rings (SSSR count). The van der Waals surface area contributed by atoms with Gasteiger partial charge in [-0.2, -0.15) is 5.10 Å². The third-order valence-electron chi connectivity index (χ3n) is 4.35. The smallest absolute Gasteiger partial charge is 0.262 e. The highest BCUT2D eigenvalue weighted by molar-refractivity contribution is 6.30. The van der Waals surface area contributed by atoms with E-state index in [0.29, 0.717) is 29.9 Å². The van der Waals surface area contributed by atoms with Crippen LogP contribution in [0.25, 0.3) is 11.0 Å². The molecule has 3 aromatic rings. The fourth-order valence-corrected chi connectivity index (χ4v) is 3.30. The summed E-state index contributed by atoms with van der Waals surface area (Å²) in [6.45, 7) is 1.31. The Kier molecular flexibility index (Phi) is 4.27. The average molecular weight is 363 g/mol. The van der Waals surface area contributed by atoms with Crippen molar-refractivity contribution in [1.29, 1.82) is 0 Å². The van der Waals surface area contributed by atoms with Gasteiger partial charge in [0.25, 0.3) is 5.56 Å². The molecule has 0 amide bonds. The molecule has 1 aliphatic heterocycles. The lowest BCUT2D eigenvalue weighted by Gasteiger charge is -2.22. The quantitative estimate of drug-likeness (QED) is 0.777. The van der Waals surface area contributed by atoms with Gasteiger partial charge in [-0.25, -0.2) is 14.1 Å². The topological polar surface area (TPSA) is 72.8 Å². The second kappa shape index (κ2) is 6.57. The predicted molar refractivity (Wildman–Crippen MR) is 91.5 cm³/mol. The van der Waals surface area contributed by atoms with Crippen molar-refractivity contribution in [2.75, 3.05) is 13.2 Å². The molecule has 1 saturated heterocycles. The molecule has 1 N–H and O–H groups in total. The van der Waals surface area contributed by atoms with Gasteiger partial charge in [-0.05, 0) is 30.5 Å². The van der Waals surface area contributed by atoms with Crippen molar-refractivity contribution < 1.29 is 9.13 Å². The molecule has 0 spiro atoms. The largest absolute Gasteiger partial charge is 0.379 e. The van der Waals surface area contributed by atoms with Crippen LogP contribution in [0.3, 0.4) is 0 Å². The van der Waals surface area contributed by atoms with E-state index in [1.54, 1.807) is 10.7 Å². The third-order valence-corrected chi connectivity index (χ3v) is 4.64. The molecule has 3 heterocycles. The number of benzene rings is 1. The Balaban J connectivity index is 1.72. The van der Waals surface area contributed by atoms with Gasteiger partial charge < -0.3 is 9.72 Å². The first-order valence-corrected chi connectivity index (χ1v) is 8.47. The van der Waals surface area contributed by atoms with Crippen LogP contribution in [0, 0.1) is 5.82 Å². The number of halogens is 2. The molecule has 6 nitrogen and oxygen atoms in total. The van der Waals surface area contributed by atoms with Gasteiger partial charge in [0.15, 0.2) is 5.65 Å². The monoisotopic (exact) mass is 362 g/mol. The summed E-state index contributed by atoms with van der Waals surface area (Å²) in [5.74, 6) is 0.0105. The van der Waals surface area contributed by atoms with Gasteiger partial charge in [0.2, 0.25) is 0 Å². The van der Waals surface area contributed by atoms with Gasteiger partial charge in [-0.1, -0.05) is 17.7 Å². The van der Waals surface area contributed by atoms with Gasteiger partial charge in [-0.3, -0.25) is 4.79 Å². The second-order valence-electron chi connectivity index (χ2n) is 6.14. The summed E-state index contributed by atoms with van der Waals surface area (Å²) in [4.78, 5) is 19.7. The number of ether oxygens (including phenoxy) is 1. The minimum Gasteiger partial charge on any atom is -0.379 e. The van der Waals surface area contributed by atoms with Crippen LogP contribution < -0.4 is 5.56 Å². The fourth-order valence-electron chi connectivity index (χ4n) is 3.09. The van der Waals surface area contributed by atoms with E-state index in [9.17, 15) is 9.18 Å². The second-order valence-corrected chi connectivity index (χ2v) is 6.54. The van der Waals surface area contributed by atoms with Gasteiger partial charge in [0, 0.05) is 13.0 Å². The van der Waals surface area contributed by atoms with Crippen molar-refractivity contribution >= 4 is 22.6 Å². The number of fused-ring (bicyclic) bond motifs is 1. The first-order valence-electron chi connectivity index (χ1n) is 8.10. The van der Waals surface area contributed by atoms with E-state index >= 15 is 0 Å². The van der Waals surface area contributed by atoms with E-state index in [1.807, 2.05) is 0 Å². The molecule has 1 aromatic carbocycles. The van der Waals surface area contributed by atoms with Crippen LogP contribution >= 0.6 is 11.6 Å². The zero-order valence-corrected chi connectivity index (χ0v) is 14.1. The van der Waals surface area contributed by atoms with E-state index in [1.165, 1.54) is 18.3 Å². The van der Waals surface area contributed by atoms with Crippen molar-refractivity contribution in [2.24, 2.45) is 0 Å². The Hall–Kier alpha value is -2.25. The van der Waals surface area contributed by atoms with Gasteiger partial charge in [0.1, 0.15) is 17.0 Å². The van der Waals surface area contributed by atoms with Crippen molar-refractivity contribution in [2.45, 2.75) is 25.3 Å². The number of H-pyrrole nitrogens is 1. The molecule has 8 heteroatoms. The van der Waals surface area contributed by atoms with Crippen molar-refractivity contribution in [1.82, 2.24) is 19.7 Å². The molecule has 25 heavy (non-hydrogen) atoms. The fraction of sp³-hybridized carbons (Fsp3) is 0.353. The third kappa shape index (κ3) is 3.17. The zero-order valence-electron chi connectivity index (χ0n) is 13.3. The highest BCUT2D eigenvalue weighted by Gasteiger charge is 2.20. The Morgan fingerprint density at radius 1 is 1.44 bits per heavy atom. The molecule has 2 aromatic heterocycles. The maximum atomic E-state index is 13.3. The number of aromatic nitrogens is 4. The summed E-state index contributed by atoms with van der Waals surface area (Å²) in [7, 11) is 0. The molecular formula is C17H16ClFN4O2. The molecule has 1 fully saturated rings. The van der Waals surface area contributed by atoms with Crippen LogP contribution in [-0.2, 0) is 11.2 Å². The molecular weight excluding hydrogens is 347 g/mol. The summed E-state index contributed by atoms with van der Waals surface area (Å²) in [5.41, 5.74) is 1.07. The summed E-state index contributed by atoms with van der Waals surface area (Å²) in [6, 6.07) is 4.54. The van der Waals surface area contributed by atoms with Gasteiger partial charge in [0.05, 0.1) is 23.9 Å². The maximum Gasteiger partial charge on any atom is 0.262 e. The Morgan fingerprint density at radius 3 is 3.08 bits per heavy atom. The molecule has 0 radical (unpaired) electrons. The number of nitrogens with zero attached hydrogens (tertiary/aromatic N) is 3. The SMILES string of the molecule is O=c1[nH]c(Cc2ccc(F)c(Cl)c2)nc2c1cnn2C1CCCOC1. The molecule has 130 valence electrons. The van der Waals surface area contributed by atoms with Crippen LogP contribution in [0.2, 0.25) is 5.02 Å². The van der Waals surface area contributed by atoms with Gasteiger partial charge >= 0.3 is 0 Å². The lowest BCUT2D eigenvalue weighted by molar-refractivity contribution is 0.0563. The number of hydrogen-bond acceptors (Lipinski definition) is 4. The highest BCUT2D eigenvalue weighted by atomic mass is 35.5. The van der Waals surface area contributed by atoms with Crippen LogP contribution in [0.15, 0.2) is 29.2 Å². The van der Waals surface area contributed by atoms with Crippen LogP contribution in [0.1, 0.15) is 30.3 Å². The molecule has 1 unspecified atom stereocenters. The van der Waals surface area contributed by atoms with Crippen molar-refractivity contribution in [3.05, 3.63) is 57.0 Å². The average Bonchev–Trinajstić information content (AvgIpc) is 3.03. The lowest BCUT2D eigenvalue weighted by Crippen LogP contribution is -2.23. The molecule has 0 bridgehead atoms. The summed E-state index contributed by atoms with van der Waals surface area (Å²) in [6.07, 6.45) is 3.77. The minimum atomic E-state index is -0.474.